The van der Waals surface area contributed by atoms with E-state index in [-0.39, 0.29) is 23.5 Å². The number of benzene rings is 3. The highest BCUT2D eigenvalue weighted by Gasteiger charge is 2.25. The van der Waals surface area contributed by atoms with Gasteiger partial charge in [0.05, 0.1) is 0 Å². The van der Waals surface area contributed by atoms with Crippen LogP contribution in [0, 0.1) is 17.6 Å². The maximum atomic E-state index is 13.8. The van der Waals surface area contributed by atoms with E-state index in [0.717, 1.165) is 49.1 Å². The molecule has 3 aromatic carbocycles. The first-order valence-electron chi connectivity index (χ1n) is 12.1. The molecule has 4 aromatic rings. The van der Waals surface area contributed by atoms with Crippen LogP contribution in [-0.4, -0.2) is 28.5 Å². The highest BCUT2D eigenvalue weighted by Crippen LogP contribution is 2.25. The lowest BCUT2D eigenvalue weighted by Gasteiger charge is -2.31. The van der Waals surface area contributed by atoms with Gasteiger partial charge < -0.3 is 9.88 Å². The van der Waals surface area contributed by atoms with Gasteiger partial charge >= 0.3 is 0 Å². The number of hydrogen-bond donors (Lipinski definition) is 1. The average Bonchev–Trinajstić information content (AvgIpc) is 3.20. The molecule has 5 rings (SSSR count). The molecule has 1 amide bonds. The minimum atomic E-state index is -0.276. The quantitative estimate of drug-likeness (QED) is 0.385. The zero-order valence-corrected chi connectivity index (χ0v) is 19.6. The van der Waals surface area contributed by atoms with Crippen molar-refractivity contribution in [3.05, 3.63) is 107 Å². The molecule has 1 saturated heterocycles. The molecule has 0 saturated carbocycles. The Labute approximate surface area is 204 Å². The maximum Gasteiger partial charge on any atom is 0.223 e. The van der Waals surface area contributed by atoms with E-state index in [0.29, 0.717) is 13.1 Å². The van der Waals surface area contributed by atoms with E-state index in [1.807, 2.05) is 18.2 Å². The third-order valence-corrected chi connectivity index (χ3v) is 6.85. The molecule has 180 valence electrons. The van der Waals surface area contributed by atoms with Gasteiger partial charge in [0.15, 0.2) is 0 Å². The van der Waals surface area contributed by atoms with Crippen LogP contribution in [0.15, 0.2) is 78.9 Å². The van der Waals surface area contributed by atoms with Gasteiger partial charge in [-0.1, -0.05) is 42.5 Å². The van der Waals surface area contributed by atoms with Gasteiger partial charge in [-0.25, -0.2) is 8.78 Å². The number of halogens is 2. The van der Waals surface area contributed by atoms with Gasteiger partial charge in [0.2, 0.25) is 5.91 Å². The second-order valence-corrected chi connectivity index (χ2v) is 9.31. The van der Waals surface area contributed by atoms with Crippen LogP contribution in [0.5, 0.6) is 0 Å². The number of likely N-dealkylation sites (tertiary alicyclic amines) is 1. The summed E-state index contributed by atoms with van der Waals surface area (Å²) in [5.74, 6) is -0.443. The SMILES string of the molecule is O=C(NCc1ccc(F)cc1)C1CCN(Cc2cc3ccccc3n2Cc2cccc(F)c2)CC1. The summed E-state index contributed by atoms with van der Waals surface area (Å²) in [5, 5.41) is 4.17. The highest BCUT2D eigenvalue weighted by molar-refractivity contribution is 5.81. The lowest BCUT2D eigenvalue weighted by atomic mass is 9.95. The van der Waals surface area contributed by atoms with Gasteiger partial charge in [0.1, 0.15) is 11.6 Å². The first-order chi connectivity index (χ1) is 17.0. The van der Waals surface area contributed by atoms with E-state index in [2.05, 4.69) is 33.0 Å². The van der Waals surface area contributed by atoms with Crippen molar-refractivity contribution in [2.24, 2.45) is 5.92 Å². The molecule has 0 radical (unpaired) electrons. The summed E-state index contributed by atoms with van der Waals surface area (Å²) < 4.78 is 29.1. The maximum absolute atomic E-state index is 13.8. The zero-order chi connectivity index (χ0) is 24.2. The number of rotatable bonds is 7. The summed E-state index contributed by atoms with van der Waals surface area (Å²) in [4.78, 5) is 15.1. The Morgan fingerprint density at radius 3 is 2.37 bits per heavy atom. The summed E-state index contributed by atoms with van der Waals surface area (Å²) >= 11 is 0. The van der Waals surface area contributed by atoms with Crippen molar-refractivity contribution in [2.45, 2.75) is 32.5 Å². The molecular weight excluding hydrogens is 444 g/mol. The highest BCUT2D eigenvalue weighted by atomic mass is 19.1. The monoisotopic (exact) mass is 473 g/mol. The van der Waals surface area contributed by atoms with Crippen molar-refractivity contribution in [2.75, 3.05) is 13.1 Å². The van der Waals surface area contributed by atoms with Gasteiger partial charge in [-0.05, 0) is 78.8 Å². The molecule has 1 N–H and O–H groups in total. The molecule has 4 nitrogen and oxygen atoms in total. The predicted octanol–water partition coefficient (Wildman–Crippen LogP) is 5.50. The summed E-state index contributed by atoms with van der Waals surface area (Å²) in [5.41, 5.74) is 4.16. The Hall–Kier alpha value is -3.51. The van der Waals surface area contributed by atoms with Crippen LogP contribution in [0.4, 0.5) is 8.78 Å². The van der Waals surface area contributed by atoms with Crippen molar-refractivity contribution in [3.63, 3.8) is 0 Å². The number of amides is 1. The Bertz CT molecular complexity index is 1310. The fourth-order valence-electron chi connectivity index (χ4n) is 4.92. The average molecular weight is 474 g/mol. The van der Waals surface area contributed by atoms with Crippen LogP contribution >= 0.6 is 0 Å². The Morgan fingerprint density at radius 1 is 0.829 bits per heavy atom. The Kier molecular flexibility index (Phi) is 6.91. The largest absolute Gasteiger partial charge is 0.352 e. The Morgan fingerprint density at radius 2 is 1.60 bits per heavy atom. The van der Waals surface area contributed by atoms with Gasteiger partial charge in [0.25, 0.3) is 0 Å². The molecule has 2 heterocycles. The summed E-state index contributed by atoms with van der Waals surface area (Å²) in [7, 11) is 0. The summed E-state index contributed by atoms with van der Waals surface area (Å²) in [6.07, 6.45) is 1.61. The molecule has 6 heteroatoms. The minimum absolute atomic E-state index is 0.00940. The third kappa shape index (κ3) is 5.60. The first kappa shape index (κ1) is 23.2. The summed E-state index contributed by atoms with van der Waals surface area (Å²) in [6.45, 7) is 3.50. The van der Waals surface area contributed by atoms with Crippen LogP contribution in [0.1, 0.15) is 29.7 Å². The van der Waals surface area contributed by atoms with Gasteiger partial charge in [-0.15, -0.1) is 0 Å². The third-order valence-electron chi connectivity index (χ3n) is 6.85. The van der Waals surface area contributed by atoms with Crippen molar-refractivity contribution in [3.8, 4) is 0 Å². The smallest absolute Gasteiger partial charge is 0.223 e. The second-order valence-electron chi connectivity index (χ2n) is 9.31. The number of aromatic nitrogens is 1. The van der Waals surface area contributed by atoms with E-state index >= 15 is 0 Å². The molecule has 1 aromatic heterocycles. The number of nitrogens with zero attached hydrogens (tertiary/aromatic N) is 2. The van der Waals surface area contributed by atoms with Crippen LogP contribution in [0.25, 0.3) is 10.9 Å². The van der Waals surface area contributed by atoms with Crippen molar-refractivity contribution >= 4 is 16.8 Å². The number of nitrogens with one attached hydrogen (secondary N) is 1. The topological polar surface area (TPSA) is 37.3 Å². The van der Waals surface area contributed by atoms with Crippen molar-refractivity contribution in [1.82, 2.24) is 14.8 Å². The van der Waals surface area contributed by atoms with Gasteiger partial charge in [-0.2, -0.15) is 0 Å². The predicted molar refractivity (Wildman–Crippen MR) is 134 cm³/mol. The number of hydrogen-bond acceptors (Lipinski definition) is 2. The molecule has 1 aliphatic rings. The van der Waals surface area contributed by atoms with E-state index in [1.54, 1.807) is 24.3 Å². The van der Waals surface area contributed by atoms with E-state index in [9.17, 15) is 13.6 Å². The number of para-hydroxylation sites is 1. The number of carbonyl (C=O) groups excluding carboxylic acids is 1. The molecule has 1 fully saturated rings. The molecule has 0 atom stereocenters. The minimum Gasteiger partial charge on any atom is -0.352 e. The molecule has 0 unspecified atom stereocenters. The van der Waals surface area contributed by atoms with E-state index in [1.165, 1.54) is 29.3 Å². The van der Waals surface area contributed by atoms with Crippen LogP contribution < -0.4 is 5.32 Å². The lowest BCUT2D eigenvalue weighted by Crippen LogP contribution is -2.40. The Balaban J connectivity index is 1.22. The van der Waals surface area contributed by atoms with Crippen LogP contribution in [-0.2, 0) is 24.4 Å². The first-order valence-corrected chi connectivity index (χ1v) is 12.1. The van der Waals surface area contributed by atoms with Crippen LogP contribution in [0.3, 0.4) is 0 Å². The summed E-state index contributed by atoms with van der Waals surface area (Å²) in [6, 6.07) is 23.5. The lowest BCUT2D eigenvalue weighted by molar-refractivity contribution is -0.126. The molecule has 1 aliphatic heterocycles. The normalized spacial score (nSPS) is 14.9. The number of carbonyl (C=O) groups is 1. The van der Waals surface area contributed by atoms with E-state index < -0.39 is 0 Å². The fourth-order valence-corrected chi connectivity index (χ4v) is 4.92. The van der Waals surface area contributed by atoms with Gasteiger partial charge in [0, 0.05) is 36.8 Å². The molecule has 35 heavy (non-hydrogen) atoms. The van der Waals surface area contributed by atoms with Crippen molar-refractivity contribution in [1.29, 1.82) is 0 Å². The van der Waals surface area contributed by atoms with Crippen molar-refractivity contribution < 1.29 is 13.6 Å². The molecular formula is C29H29F2N3O. The van der Waals surface area contributed by atoms with Crippen LogP contribution in [0.2, 0.25) is 0 Å². The fraction of sp³-hybridized carbons (Fsp3) is 0.276. The molecule has 0 aliphatic carbocycles. The molecule has 0 bridgehead atoms. The number of piperidine rings is 1. The zero-order valence-electron chi connectivity index (χ0n) is 19.6. The van der Waals surface area contributed by atoms with Gasteiger partial charge in [-0.3, -0.25) is 9.69 Å². The second kappa shape index (κ2) is 10.4. The molecule has 0 spiro atoms. The van der Waals surface area contributed by atoms with E-state index in [4.69, 9.17) is 0 Å². The number of fused-ring (bicyclic) bond motifs is 1. The standard InChI is InChI=1S/C29H29F2N3O/c30-25-10-8-21(9-11-25)18-32-29(35)23-12-14-33(15-13-23)20-27-17-24-5-1-2-7-28(24)34(27)19-22-4-3-6-26(31)16-22/h1-11,16-17,23H,12-15,18-20H2,(H,32,35).